The summed E-state index contributed by atoms with van der Waals surface area (Å²) in [7, 11) is 0. The first-order valence-corrected chi connectivity index (χ1v) is 6.57. The van der Waals surface area contributed by atoms with Crippen molar-refractivity contribution in [2.24, 2.45) is 0 Å². The summed E-state index contributed by atoms with van der Waals surface area (Å²) < 4.78 is 4.93. The number of hydrogen-bond donors (Lipinski definition) is 4. The van der Waals surface area contributed by atoms with Crippen molar-refractivity contribution < 1.29 is 29.3 Å². The van der Waals surface area contributed by atoms with E-state index in [1.807, 2.05) is 0 Å². The number of benzene rings is 1. The molecule has 120 valence electrons. The number of aliphatic hydroxyl groups excluding tert-OH is 1. The van der Waals surface area contributed by atoms with E-state index in [4.69, 9.17) is 14.9 Å². The number of carbonyl (C=O) groups excluding carboxylic acids is 2. The average molecular weight is 310 g/mol. The molecule has 0 fully saturated rings. The molecule has 0 heterocycles. The predicted octanol–water partition coefficient (Wildman–Crippen LogP) is -0.243. The second-order valence-electron chi connectivity index (χ2n) is 4.38. The van der Waals surface area contributed by atoms with Crippen molar-refractivity contribution in [2.45, 2.75) is 6.92 Å². The highest BCUT2D eigenvalue weighted by Crippen LogP contribution is 2.16. The lowest BCUT2D eigenvalue weighted by Gasteiger charge is -2.09. The number of carboxylic acids is 1. The molecule has 0 aliphatic rings. The van der Waals surface area contributed by atoms with Crippen molar-refractivity contribution in [1.29, 1.82) is 0 Å². The topological polar surface area (TPSA) is 125 Å². The van der Waals surface area contributed by atoms with Gasteiger partial charge in [-0.25, -0.2) is 4.79 Å². The maximum absolute atomic E-state index is 11.7. The Morgan fingerprint density at radius 2 is 1.91 bits per heavy atom. The number of aryl methyl sites for hydroxylation is 1. The molecule has 0 saturated carbocycles. The van der Waals surface area contributed by atoms with E-state index in [0.29, 0.717) is 5.56 Å². The van der Waals surface area contributed by atoms with E-state index in [0.717, 1.165) is 0 Å². The molecule has 0 spiro atoms. The van der Waals surface area contributed by atoms with Gasteiger partial charge in [-0.3, -0.25) is 9.59 Å². The second-order valence-corrected chi connectivity index (χ2v) is 4.38. The van der Waals surface area contributed by atoms with Gasteiger partial charge in [0, 0.05) is 12.2 Å². The summed E-state index contributed by atoms with van der Waals surface area (Å²) in [6.45, 7) is 2.02. The van der Waals surface area contributed by atoms with Gasteiger partial charge in [-0.2, -0.15) is 0 Å². The molecule has 0 aliphatic heterocycles. The fraction of sp³-hybridized carbons (Fsp3) is 0.357. The third-order valence-corrected chi connectivity index (χ3v) is 2.71. The molecule has 1 rings (SSSR count). The quantitative estimate of drug-likeness (QED) is 0.407. The van der Waals surface area contributed by atoms with Gasteiger partial charge in [-0.1, -0.05) is 6.07 Å². The number of ether oxygens (including phenoxy) is 1. The normalized spacial score (nSPS) is 10.1. The molecule has 4 N–H and O–H groups in total. The first-order valence-electron chi connectivity index (χ1n) is 6.57. The molecule has 22 heavy (non-hydrogen) atoms. The van der Waals surface area contributed by atoms with Crippen molar-refractivity contribution in [3.63, 3.8) is 0 Å². The van der Waals surface area contributed by atoms with Gasteiger partial charge in [-0.15, -0.1) is 0 Å². The zero-order valence-corrected chi connectivity index (χ0v) is 12.1. The van der Waals surface area contributed by atoms with Gasteiger partial charge in [0.15, 0.2) is 0 Å². The molecule has 0 radical (unpaired) electrons. The van der Waals surface area contributed by atoms with Crippen LogP contribution in [0.25, 0.3) is 0 Å². The minimum atomic E-state index is -1.12. The highest BCUT2D eigenvalue weighted by atomic mass is 16.5. The number of nitrogens with one attached hydrogen (secondary N) is 2. The molecule has 0 atom stereocenters. The maximum atomic E-state index is 11.7. The number of amides is 2. The molecule has 8 heteroatoms. The summed E-state index contributed by atoms with van der Waals surface area (Å²) in [4.78, 5) is 34.2. The fourth-order valence-corrected chi connectivity index (χ4v) is 1.55. The Balaban J connectivity index is 2.55. The van der Waals surface area contributed by atoms with Gasteiger partial charge in [0.05, 0.1) is 25.4 Å². The van der Waals surface area contributed by atoms with Crippen LogP contribution in [-0.4, -0.2) is 54.4 Å². The number of aromatic carboxylic acids is 1. The third-order valence-electron chi connectivity index (χ3n) is 2.71. The standard InChI is InChI=1S/C14H18N2O6/c1-9-2-3-10(14(20)21)8-11(9)16-13(19)12(18)15-4-6-22-7-5-17/h2-3,8,17H,4-7H2,1H3,(H,15,18)(H,16,19)(H,20,21). The van der Waals surface area contributed by atoms with Crippen molar-refractivity contribution in [3.05, 3.63) is 29.3 Å². The number of carbonyl (C=O) groups is 3. The molecule has 2 amide bonds. The number of aliphatic hydroxyl groups is 1. The van der Waals surface area contributed by atoms with Gasteiger partial charge in [-0.05, 0) is 24.6 Å². The van der Waals surface area contributed by atoms with Crippen LogP contribution in [0.5, 0.6) is 0 Å². The van der Waals surface area contributed by atoms with Crippen LogP contribution in [0.15, 0.2) is 18.2 Å². The van der Waals surface area contributed by atoms with E-state index in [9.17, 15) is 14.4 Å². The highest BCUT2D eigenvalue weighted by Gasteiger charge is 2.15. The van der Waals surface area contributed by atoms with Crippen molar-refractivity contribution >= 4 is 23.5 Å². The summed E-state index contributed by atoms with van der Waals surface area (Å²) in [6.07, 6.45) is 0. The summed E-state index contributed by atoms with van der Waals surface area (Å²) in [5.74, 6) is -2.87. The zero-order valence-electron chi connectivity index (χ0n) is 12.1. The molecule has 0 saturated heterocycles. The molecule has 0 aliphatic carbocycles. The van der Waals surface area contributed by atoms with E-state index in [-0.39, 0.29) is 37.6 Å². The van der Waals surface area contributed by atoms with Crippen LogP contribution >= 0.6 is 0 Å². The largest absolute Gasteiger partial charge is 0.478 e. The summed E-state index contributed by atoms with van der Waals surface area (Å²) in [5, 5.41) is 22.1. The number of carboxylic acid groups (broad SMARTS) is 1. The molecule has 0 unspecified atom stereocenters. The maximum Gasteiger partial charge on any atom is 0.335 e. The minimum Gasteiger partial charge on any atom is -0.478 e. The van der Waals surface area contributed by atoms with Crippen LogP contribution < -0.4 is 10.6 Å². The first kappa shape index (κ1) is 17.6. The van der Waals surface area contributed by atoms with Crippen LogP contribution in [0.1, 0.15) is 15.9 Å². The van der Waals surface area contributed by atoms with Crippen LogP contribution in [0.2, 0.25) is 0 Å². The summed E-state index contributed by atoms with van der Waals surface area (Å²) in [6, 6.07) is 4.23. The predicted molar refractivity (Wildman–Crippen MR) is 77.7 cm³/mol. The zero-order chi connectivity index (χ0) is 16.5. The van der Waals surface area contributed by atoms with Crippen LogP contribution in [0, 0.1) is 6.92 Å². The van der Waals surface area contributed by atoms with Crippen molar-refractivity contribution in [2.75, 3.05) is 31.7 Å². The summed E-state index contributed by atoms with van der Waals surface area (Å²) in [5.41, 5.74) is 0.910. The molecular weight excluding hydrogens is 292 g/mol. The van der Waals surface area contributed by atoms with Crippen molar-refractivity contribution in [1.82, 2.24) is 5.32 Å². The lowest BCUT2D eigenvalue weighted by molar-refractivity contribution is -0.136. The minimum absolute atomic E-state index is 0.0127. The second kappa shape index (κ2) is 8.75. The highest BCUT2D eigenvalue weighted by molar-refractivity contribution is 6.39. The Morgan fingerprint density at radius 3 is 2.55 bits per heavy atom. The average Bonchev–Trinajstić information content (AvgIpc) is 2.48. The van der Waals surface area contributed by atoms with E-state index >= 15 is 0 Å². The Hall–Kier alpha value is -2.45. The van der Waals surface area contributed by atoms with Crippen LogP contribution in [-0.2, 0) is 14.3 Å². The Labute approximate surface area is 127 Å². The fourth-order valence-electron chi connectivity index (χ4n) is 1.55. The lowest BCUT2D eigenvalue weighted by Crippen LogP contribution is -2.37. The van der Waals surface area contributed by atoms with E-state index < -0.39 is 17.8 Å². The van der Waals surface area contributed by atoms with Gasteiger partial charge < -0.3 is 25.6 Å². The molecule has 8 nitrogen and oxygen atoms in total. The number of anilines is 1. The van der Waals surface area contributed by atoms with E-state index in [1.54, 1.807) is 13.0 Å². The smallest absolute Gasteiger partial charge is 0.335 e. The van der Waals surface area contributed by atoms with Gasteiger partial charge in [0.1, 0.15) is 0 Å². The van der Waals surface area contributed by atoms with Gasteiger partial charge in [0.2, 0.25) is 0 Å². The Morgan fingerprint density at radius 1 is 1.18 bits per heavy atom. The lowest BCUT2D eigenvalue weighted by atomic mass is 10.1. The third kappa shape index (κ3) is 5.51. The molecular formula is C14H18N2O6. The molecule has 0 bridgehead atoms. The number of rotatable bonds is 7. The first-order chi connectivity index (χ1) is 10.5. The number of hydrogen-bond acceptors (Lipinski definition) is 5. The SMILES string of the molecule is Cc1ccc(C(=O)O)cc1NC(=O)C(=O)NCCOCCO. The van der Waals surface area contributed by atoms with E-state index in [2.05, 4.69) is 10.6 Å². The van der Waals surface area contributed by atoms with Gasteiger partial charge in [0.25, 0.3) is 0 Å². The van der Waals surface area contributed by atoms with Crippen LogP contribution in [0.4, 0.5) is 5.69 Å². The monoisotopic (exact) mass is 310 g/mol. The van der Waals surface area contributed by atoms with E-state index in [1.165, 1.54) is 12.1 Å². The van der Waals surface area contributed by atoms with Crippen molar-refractivity contribution in [3.8, 4) is 0 Å². The van der Waals surface area contributed by atoms with Crippen LogP contribution in [0.3, 0.4) is 0 Å². The summed E-state index contributed by atoms with van der Waals surface area (Å²) >= 11 is 0. The molecule has 1 aromatic rings. The Bertz CT molecular complexity index is 558. The molecule has 1 aromatic carbocycles. The molecule has 0 aromatic heterocycles. The van der Waals surface area contributed by atoms with Gasteiger partial charge >= 0.3 is 17.8 Å². The Kier molecular flexibility index (Phi) is 7.00.